The van der Waals surface area contributed by atoms with Crippen molar-refractivity contribution in [3.05, 3.63) is 0 Å². The molecule has 0 fully saturated rings. The fraction of sp³-hybridized carbons (Fsp3) is 0.951. The SMILES string of the molecule is CCCCCCCCCCCCCCCCCCCCCCCC(=O)O[C@H](COC(=O)CCCCCCCCCCCCC(C)CC)COP(=O)(O)OC[C@@H](O)COP(=O)(O)OC[C@@H](COC(=O)CCCCCCCCCCCCCC)OC(=O)CCCCCCCCCCCCCCC. The lowest BCUT2D eigenvalue weighted by Gasteiger charge is -2.21. The third kappa shape index (κ3) is 73.0. The van der Waals surface area contributed by atoms with E-state index in [2.05, 4.69) is 34.6 Å². The summed E-state index contributed by atoms with van der Waals surface area (Å²) in [6.45, 7) is 7.36. The molecule has 3 N–H and O–H groups in total. The maximum Gasteiger partial charge on any atom is 0.472 e. The van der Waals surface area contributed by atoms with Crippen LogP contribution in [0.1, 0.15) is 433 Å². The predicted molar refractivity (Wildman–Crippen MR) is 409 cm³/mol. The van der Waals surface area contributed by atoms with E-state index < -0.39 is 97.5 Å². The Morgan fingerprint density at radius 3 is 0.710 bits per heavy atom. The van der Waals surface area contributed by atoms with E-state index in [1.165, 1.54) is 257 Å². The van der Waals surface area contributed by atoms with Crippen molar-refractivity contribution in [1.29, 1.82) is 0 Å². The molecule has 0 saturated carbocycles. The molecule has 0 amide bonds. The summed E-state index contributed by atoms with van der Waals surface area (Å²) >= 11 is 0. The first-order chi connectivity index (χ1) is 48.6. The van der Waals surface area contributed by atoms with Gasteiger partial charge in [0.2, 0.25) is 0 Å². The maximum atomic E-state index is 13.1. The molecule has 0 aliphatic heterocycles. The minimum absolute atomic E-state index is 0.108. The summed E-state index contributed by atoms with van der Waals surface area (Å²) in [6.07, 6.45) is 65.1. The minimum Gasteiger partial charge on any atom is -0.462 e. The third-order valence-corrected chi connectivity index (χ3v) is 21.3. The summed E-state index contributed by atoms with van der Waals surface area (Å²) < 4.78 is 68.7. The number of carbonyl (C=O) groups excluding carboxylic acids is 4. The number of ether oxygens (including phenoxy) is 4. The molecule has 0 aliphatic rings. The van der Waals surface area contributed by atoms with E-state index in [0.29, 0.717) is 25.7 Å². The first-order valence-corrected chi connectivity index (χ1v) is 45.2. The van der Waals surface area contributed by atoms with Crippen molar-refractivity contribution in [1.82, 2.24) is 0 Å². The molecule has 0 radical (unpaired) electrons. The zero-order chi connectivity index (χ0) is 73.4. The van der Waals surface area contributed by atoms with Crippen LogP contribution in [0.25, 0.3) is 0 Å². The summed E-state index contributed by atoms with van der Waals surface area (Å²) in [5.74, 6) is -1.30. The second-order valence-corrected chi connectivity index (χ2v) is 32.3. The van der Waals surface area contributed by atoms with Crippen molar-refractivity contribution in [2.24, 2.45) is 5.92 Å². The Bertz CT molecular complexity index is 1910. The van der Waals surface area contributed by atoms with Crippen LogP contribution in [0.3, 0.4) is 0 Å². The highest BCUT2D eigenvalue weighted by Crippen LogP contribution is 2.45. The summed E-state index contributed by atoms with van der Waals surface area (Å²) in [5.41, 5.74) is 0. The van der Waals surface area contributed by atoms with E-state index in [1.807, 2.05) is 0 Å². The number of carbonyl (C=O) groups is 4. The second kappa shape index (κ2) is 73.9. The van der Waals surface area contributed by atoms with Crippen molar-refractivity contribution in [2.45, 2.75) is 451 Å². The molecule has 0 rings (SSSR count). The molecule has 3 unspecified atom stereocenters. The zero-order valence-electron chi connectivity index (χ0n) is 65.3. The van der Waals surface area contributed by atoms with Crippen LogP contribution in [0.5, 0.6) is 0 Å². The van der Waals surface area contributed by atoms with Crippen LogP contribution >= 0.6 is 15.6 Å². The van der Waals surface area contributed by atoms with E-state index in [4.69, 9.17) is 37.0 Å². The van der Waals surface area contributed by atoms with Gasteiger partial charge in [-0.15, -0.1) is 0 Å². The van der Waals surface area contributed by atoms with Gasteiger partial charge in [-0.25, -0.2) is 9.13 Å². The van der Waals surface area contributed by atoms with Gasteiger partial charge < -0.3 is 33.8 Å². The van der Waals surface area contributed by atoms with Crippen LogP contribution in [-0.2, 0) is 65.4 Å². The quantitative estimate of drug-likeness (QED) is 0.0222. The molecule has 0 saturated heterocycles. The number of phosphoric ester groups is 2. The van der Waals surface area contributed by atoms with Crippen LogP contribution in [0.15, 0.2) is 0 Å². The standard InChI is InChI=1S/C81H158O17P2/c1-6-10-13-16-19-22-25-28-29-30-31-32-33-34-35-37-40-47-52-57-62-67-81(86)98-77(71-92-79(84)65-60-55-50-45-42-41-43-48-53-58-63-74(5)9-4)73-96-100(89,90)94-69-75(82)68-93-99(87,88)95-72-76(70-91-78(83)64-59-54-49-44-38-27-24-21-18-15-12-8-3)97-80(85)66-61-56-51-46-39-36-26-23-20-17-14-11-7-2/h74-77,82H,6-73H2,1-5H3,(H,87,88)(H,89,90)/t74?,75-,76+,77+/m0/s1. The molecule has 0 spiro atoms. The first kappa shape index (κ1) is 98.1. The number of aliphatic hydroxyl groups is 1. The Morgan fingerprint density at radius 2 is 0.480 bits per heavy atom. The minimum atomic E-state index is -4.96. The number of unbranched alkanes of at least 4 members (excludes halogenated alkanes) is 52. The normalized spacial score (nSPS) is 14.1. The summed E-state index contributed by atoms with van der Waals surface area (Å²) in [7, 11) is -9.92. The van der Waals surface area contributed by atoms with Crippen LogP contribution in [0, 0.1) is 5.92 Å². The largest absolute Gasteiger partial charge is 0.472 e. The Morgan fingerprint density at radius 1 is 0.280 bits per heavy atom. The molecule has 0 aromatic carbocycles. The number of phosphoric acid groups is 2. The van der Waals surface area contributed by atoms with E-state index in [-0.39, 0.29) is 25.7 Å². The maximum absolute atomic E-state index is 13.1. The Hall–Kier alpha value is -1.94. The van der Waals surface area contributed by atoms with Gasteiger partial charge in [0, 0.05) is 25.7 Å². The van der Waals surface area contributed by atoms with Gasteiger partial charge in [0.05, 0.1) is 26.4 Å². The molecular weight excluding hydrogens is 1310 g/mol. The number of aliphatic hydroxyl groups excluding tert-OH is 1. The number of hydrogen-bond donors (Lipinski definition) is 3. The Balaban J connectivity index is 5.23. The van der Waals surface area contributed by atoms with Crippen LogP contribution < -0.4 is 0 Å². The van der Waals surface area contributed by atoms with Gasteiger partial charge in [-0.05, 0) is 31.6 Å². The Labute approximate surface area is 613 Å². The van der Waals surface area contributed by atoms with Gasteiger partial charge in [-0.2, -0.15) is 0 Å². The lowest BCUT2D eigenvalue weighted by molar-refractivity contribution is -0.161. The second-order valence-electron chi connectivity index (χ2n) is 29.4. The number of rotatable bonds is 81. The summed E-state index contributed by atoms with van der Waals surface area (Å²) in [5, 5.41) is 10.6. The van der Waals surface area contributed by atoms with Gasteiger partial charge in [-0.1, -0.05) is 381 Å². The smallest absolute Gasteiger partial charge is 0.462 e. The summed E-state index contributed by atoms with van der Waals surface area (Å²) in [6, 6.07) is 0. The molecule has 6 atom stereocenters. The van der Waals surface area contributed by atoms with Crippen molar-refractivity contribution in [3.63, 3.8) is 0 Å². The lowest BCUT2D eigenvalue weighted by Crippen LogP contribution is -2.30. The molecule has 0 heterocycles. The van der Waals surface area contributed by atoms with E-state index in [9.17, 15) is 43.2 Å². The molecule has 17 nitrogen and oxygen atoms in total. The molecule has 0 aromatic heterocycles. The molecule has 19 heteroatoms. The Kier molecular flexibility index (Phi) is 72.5. The van der Waals surface area contributed by atoms with Crippen molar-refractivity contribution < 1.29 is 80.2 Å². The van der Waals surface area contributed by atoms with Gasteiger partial charge >= 0.3 is 39.5 Å². The highest BCUT2D eigenvalue weighted by molar-refractivity contribution is 7.47. The lowest BCUT2D eigenvalue weighted by atomic mass is 9.99. The fourth-order valence-corrected chi connectivity index (χ4v) is 14.1. The van der Waals surface area contributed by atoms with Gasteiger partial charge in [0.1, 0.15) is 19.3 Å². The predicted octanol–water partition coefficient (Wildman–Crippen LogP) is 24.4. The molecule has 0 bridgehead atoms. The molecule has 0 aromatic rings. The van der Waals surface area contributed by atoms with Gasteiger partial charge in [0.15, 0.2) is 12.2 Å². The third-order valence-electron chi connectivity index (χ3n) is 19.4. The van der Waals surface area contributed by atoms with E-state index in [0.717, 1.165) is 95.8 Å². The molecule has 0 aliphatic carbocycles. The van der Waals surface area contributed by atoms with Crippen molar-refractivity contribution in [2.75, 3.05) is 39.6 Å². The number of esters is 4. The summed E-state index contributed by atoms with van der Waals surface area (Å²) in [4.78, 5) is 73.0. The highest BCUT2D eigenvalue weighted by Gasteiger charge is 2.30. The molecule has 100 heavy (non-hydrogen) atoms. The van der Waals surface area contributed by atoms with Crippen LogP contribution in [0.2, 0.25) is 0 Å². The average Bonchev–Trinajstić information content (AvgIpc) is 1.01. The van der Waals surface area contributed by atoms with Crippen molar-refractivity contribution in [3.8, 4) is 0 Å². The van der Waals surface area contributed by atoms with Gasteiger partial charge in [0.25, 0.3) is 0 Å². The first-order valence-electron chi connectivity index (χ1n) is 42.2. The van der Waals surface area contributed by atoms with Gasteiger partial charge in [-0.3, -0.25) is 37.3 Å². The average molecular weight is 1470 g/mol. The topological polar surface area (TPSA) is 237 Å². The zero-order valence-corrected chi connectivity index (χ0v) is 67.1. The number of hydrogen-bond acceptors (Lipinski definition) is 15. The fourth-order valence-electron chi connectivity index (χ4n) is 12.6. The van der Waals surface area contributed by atoms with E-state index in [1.54, 1.807) is 0 Å². The van der Waals surface area contributed by atoms with Crippen LogP contribution in [-0.4, -0.2) is 96.7 Å². The monoisotopic (exact) mass is 1470 g/mol. The molecule has 594 valence electrons. The van der Waals surface area contributed by atoms with Crippen LogP contribution in [0.4, 0.5) is 0 Å². The van der Waals surface area contributed by atoms with Crippen molar-refractivity contribution >= 4 is 39.5 Å². The van der Waals surface area contributed by atoms with E-state index >= 15 is 0 Å². The molecular formula is C81H158O17P2. The highest BCUT2D eigenvalue weighted by atomic mass is 31.2.